The number of rotatable bonds is 2. The zero-order chi connectivity index (χ0) is 13.3. The van der Waals surface area contributed by atoms with Crippen LogP contribution in [0.15, 0.2) is 18.2 Å². The molecule has 0 aromatic heterocycles. The van der Waals surface area contributed by atoms with Crippen molar-refractivity contribution in [2.24, 2.45) is 17.6 Å². The predicted molar refractivity (Wildman–Crippen MR) is 74.2 cm³/mol. The summed E-state index contributed by atoms with van der Waals surface area (Å²) in [4.78, 5) is 0. The minimum absolute atomic E-state index is 0.230. The fraction of sp³-hybridized carbons (Fsp3) is 0.600. The van der Waals surface area contributed by atoms with Gasteiger partial charge in [0.25, 0.3) is 0 Å². The molecule has 18 heavy (non-hydrogen) atoms. The molecule has 2 unspecified atom stereocenters. The molecular weight excluding hydrogens is 249 g/mol. The first-order valence-corrected chi connectivity index (χ1v) is 6.99. The summed E-state index contributed by atoms with van der Waals surface area (Å²) < 4.78 is 13.4. The monoisotopic (exact) mass is 269 g/mol. The van der Waals surface area contributed by atoms with Crippen LogP contribution in [0, 0.1) is 17.7 Å². The summed E-state index contributed by atoms with van der Waals surface area (Å²) in [6.45, 7) is 4.48. The fourth-order valence-corrected chi connectivity index (χ4v) is 3.73. The van der Waals surface area contributed by atoms with E-state index in [0.29, 0.717) is 18.3 Å². The summed E-state index contributed by atoms with van der Waals surface area (Å²) in [7, 11) is 0. The Balaban J connectivity index is 2.19. The highest BCUT2D eigenvalue weighted by Gasteiger charge is 2.35. The van der Waals surface area contributed by atoms with Gasteiger partial charge in [0, 0.05) is 5.54 Å². The van der Waals surface area contributed by atoms with Crippen LogP contribution < -0.4 is 5.73 Å². The van der Waals surface area contributed by atoms with E-state index in [1.54, 1.807) is 6.07 Å². The predicted octanol–water partition coefficient (Wildman–Crippen LogP) is 4.18. The Morgan fingerprint density at radius 1 is 1.33 bits per heavy atom. The van der Waals surface area contributed by atoms with Crippen molar-refractivity contribution in [1.29, 1.82) is 0 Å². The van der Waals surface area contributed by atoms with Gasteiger partial charge in [0.2, 0.25) is 0 Å². The Kier molecular flexibility index (Phi) is 3.98. The van der Waals surface area contributed by atoms with Gasteiger partial charge < -0.3 is 5.73 Å². The molecule has 1 fully saturated rings. The third-order valence-electron chi connectivity index (χ3n) is 3.89. The van der Waals surface area contributed by atoms with Crippen LogP contribution in [-0.2, 0) is 6.42 Å². The number of nitrogens with two attached hydrogens (primary N) is 1. The smallest absolute Gasteiger partial charge is 0.142 e. The zero-order valence-electron chi connectivity index (χ0n) is 11.0. The number of halogens is 2. The molecule has 0 amide bonds. The highest BCUT2D eigenvalue weighted by molar-refractivity contribution is 6.31. The van der Waals surface area contributed by atoms with E-state index >= 15 is 0 Å². The van der Waals surface area contributed by atoms with Crippen LogP contribution in [0.25, 0.3) is 0 Å². The Morgan fingerprint density at radius 3 is 2.56 bits per heavy atom. The second-order valence-corrected chi connectivity index (χ2v) is 6.48. The summed E-state index contributed by atoms with van der Waals surface area (Å²) in [6.07, 6.45) is 3.88. The van der Waals surface area contributed by atoms with Crippen LogP contribution in [0.1, 0.15) is 38.7 Å². The Bertz CT molecular complexity index is 423. The van der Waals surface area contributed by atoms with E-state index in [-0.39, 0.29) is 16.4 Å². The topological polar surface area (TPSA) is 26.0 Å². The van der Waals surface area contributed by atoms with Gasteiger partial charge in [-0.05, 0) is 49.1 Å². The first-order chi connectivity index (χ1) is 8.39. The molecule has 2 N–H and O–H groups in total. The highest BCUT2D eigenvalue weighted by Crippen LogP contribution is 2.37. The van der Waals surface area contributed by atoms with Crippen LogP contribution >= 0.6 is 11.6 Å². The Labute approximate surface area is 114 Å². The Hall–Kier alpha value is -0.600. The lowest BCUT2D eigenvalue weighted by Gasteiger charge is -2.40. The molecule has 3 heteroatoms. The molecule has 0 saturated heterocycles. The first-order valence-electron chi connectivity index (χ1n) is 6.61. The normalized spacial score (nSPS) is 32.5. The van der Waals surface area contributed by atoms with E-state index in [4.69, 9.17) is 17.3 Å². The molecule has 2 atom stereocenters. The Morgan fingerprint density at radius 2 is 1.94 bits per heavy atom. The van der Waals surface area contributed by atoms with Crippen molar-refractivity contribution in [2.75, 3.05) is 0 Å². The summed E-state index contributed by atoms with van der Waals surface area (Å²) in [5, 5.41) is 0.230. The molecular formula is C15H21ClFN. The number of hydrogen-bond donors (Lipinski definition) is 1. The van der Waals surface area contributed by atoms with Crippen molar-refractivity contribution in [3.63, 3.8) is 0 Å². The fourth-order valence-electron chi connectivity index (χ4n) is 3.53. The van der Waals surface area contributed by atoms with Crippen LogP contribution in [0.2, 0.25) is 5.02 Å². The highest BCUT2D eigenvalue weighted by atomic mass is 35.5. The third kappa shape index (κ3) is 3.04. The summed E-state index contributed by atoms with van der Waals surface area (Å²) in [5.74, 6) is 0.909. The average Bonchev–Trinajstić information content (AvgIpc) is 2.22. The van der Waals surface area contributed by atoms with Gasteiger partial charge in [0.15, 0.2) is 0 Å². The van der Waals surface area contributed by atoms with Crippen molar-refractivity contribution in [3.05, 3.63) is 34.6 Å². The van der Waals surface area contributed by atoms with Crippen molar-refractivity contribution < 1.29 is 4.39 Å². The van der Waals surface area contributed by atoms with Crippen LogP contribution in [0.4, 0.5) is 4.39 Å². The van der Waals surface area contributed by atoms with Crippen LogP contribution in [0.5, 0.6) is 0 Å². The van der Waals surface area contributed by atoms with Crippen molar-refractivity contribution >= 4 is 11.6 Å². The SMILES string of the molecule is CC1CC(C)CC(N)(Cc2cccc(F)c2Cl)C1. The quantitative estimate of drug-likeness (QED) is 0.857. The van der Waals surface area contributed by atoms with Gasteiger partial charge in [-0.25, -0.2) is 4.39 Å². The first kappa shape index (κ1) is 13.8. The molecule has 0 bridgehead atoms. The van der Waals surface area contributed by atoms with Crippen molar-refractivity contribution in [1.82, 2.24) is 0 Å². The standard InChI is InChI=1S/C15H21ClFN/c1-10-6-11(2)8-15(18,7-10)9-12-4-3-5-13(17)14(12)16/h3-5,10-11H,6-9,18H2,1-2H3. The van der Waals surface area contributed by atoms with Gasteiger partial charge >= 0.3 is 0 Å². The summed E-state index contributed by atoms with van der Waals surface area (Å²) in [6, 6.07) is 4.97. The minimum atomic E-state index is -0.352. The lowest BCUT2D eigenvalue weighted by Crippen LogP contribution is -2.48. The molecule has 1 aliphatic rings. The van der Waals surface area contributed by atoms with Gasteiger partial charge in [-0.1, -0.05) is 37.6 Å². The van der Waals surface area contributed by atoms with Gasteiger partial charge in [0.1, 0.15) is 5.82 Å². The zero-order valence-corrected chi connectivity index (χ0v) is 11.8. The van der Waals surface area contributed by atoms with E-state index in [1.807, 2.05) is 6.07 Å². The lowest BCUT2D eigenvalue weighted by atomic mass is 9.70. The third-order valence-corrected chi connectivity index (χ3v) is 4.31. The summed E-state index contributed by atoms with van der Waals surface area (Å²) in [5.41, 5.74) is 7.10. The van der Waals surface area contributed by atoms with Crippen LogP contribution in [-0.4, -0.2) is 5.54 Å². The maximum atomic E-state index is 13.4. The maximum Gasteiger partial charge on any atom is 0.142 e. The van der Waals surface area contributed by atoms with Gasteiger partial charge in [-0.15, -0.1) is 0 Å². The molecule has 2 rings (SSSR count). The molecule has 1 nitrogen and oxygen atoms in total. The lowest BCUT2D eigenvalue weighted by molar-refractivity contribution is 0.182. The minimum Gasteiger partial charge on any atom is -0.325 e. The second kappa shape index (κ2) is 5.18. The average molecular weight is 270 g/mol. The van der Waals surface area contributed by atoms with Gasteiger partial charge in [-0.2, -0.15) is 0 Å². The molecule has 1 aromatic carbocycles. The van der Waals surface area contributed by atoms with Gasteiger partial charge in [0.05, 0.1) is 5.02 Å². The molecule has 100 valence electrons. The largest absolute Gasteiger partial charge is 0.325 e. The second-order valence-electron chi connectivity index (χ2n) is 6.11. The maximum absolute atomic E-state index is 13.4. The van der Waals surface area contributed by atoms with E-state index in [0.717, 1.165) is 18.4 Å². The number of benzene rings is 1. The van der Waals surface area contributed by atoms with E-state index in [1.165, 1.54) is 12.5 Å². The molecule has 1 saturated carbocycles. The van der Waals surface area contributed by atoms with Gasteiger partial charge in [-0.3, -0.25) is 0 Å². The molecule has 0 aliphatic heterocycles. The molecule has 1 aliphatic carbocycles. The van der Waals surface area contributed by atoms with Crippen molar-refractivity contribution in [2.45, 2.75) is 45.1 Å². The van der Waals surface area contributed by atoms with E-state index < -0.39 is 0 Å². The molecule has 1 aromatic rings. The van der Waals surface area contributed by atoms with Crippen LogP contribution in [0.3, 0.4) is 0 Å². The number of hydrogen-bond acceptors (Lipinski definition) is 1. The molecule has 0 heterocycles. The van der Waals surface area contributed by atoms with Crippen molar-refractivity contribution in [3.8, 4) is 0 Å². The van der Waals surface area contributed by atoms with E-state index in [2.05, 4.69) is 13.8 Å². The summed E-state index contributed by atoms with van der Waals surface area (Å²) >= 11 is 6.02. The molecule has 0 radical (unpaired) electrons. The molecule has 0 spiro atoms. The van der Waals surface area contributed by atoms with E-state index in [9.17, 15) is 4.39 Å².